The molecule has 2 rings (SSSR count). The number of aromatic nitrogens is 2. The van der Waals surface area contributed by atoms with Gasteiger partial charge in [0, 0.05) is 30.9 Å². The van der Waals surface area contributed by atoms with Crippen molar-refractivity contribution in [3.05, 3.63) is 63.7 Å². The van der Waals surface area contributed by atoms with E-state index in [1.165, 1.54) is 6.33 Å². The molecular formula is C13H14N4O2. The Morgan fingerprint density at radius 2 is 2.16 bits per heavy atom. The summed E-state index contributed by atoms with van der Waals surface area (Å²) in [6, 6.07) is 7.07. The van der Waals surface area contributed by atoms with E-state index >= 15 is 0 Å². The lowest BCUT2D eigenvalue weighted by molar-refractivity contribution is -0.385. The molecule has 98 valence electrons. The number of aryl methyl sites for hydroxylation is 1. The average Bonchev–Trinajstić information content (AvgIpc) is 2.41. The molecular weight excluding hydrogens is 244 g/mol. The van der Waals surface area contributed by atoms with Crippen LogP contribution in [0.5, 0.6) is 0 Å². The summed E-state index contributed by atoms with van der Waals surface area (Å²) in [6.45, 7) is 2.89. The second-order valence-corrected chi connectivity index (χ2v) is 4.18. The van der Waals surface area contributed by atoms with Crippen LogP contribution in [0.15, 0.2) is 36.8 Å². The standard InChI is InChI=1S/C13H14N4O2/c1-10-2-3-11(6-13(10)17(18)19)7-15-8-12-4-5-14-9-16-12/h2-6,9,15H,7-8H2,1H3. The molecule has 0 amide bonds. The molecule has 0 unspecified atom stereocenters. The normalized spacial score (nSPS) is 10.4. The van der Waals surface area contributed by atoms with Gasteiger partial charge in [0.1, 0.15) is 6.33 Å². The predicted octanol–water partition coefficient (Wildman–Crippen LogP) is 1.98. The van der Waals surface area contributed by atoms with Crippen LogP contribution in [0, 0.1) is 17.0 Å². The van der Waals surface area contributed by atoms with Gasteiger partial charge in [-0.2, -0.15) is 0 Å². The van der Waals surface area contributed by atoms with Gasteiger partial charge < -0.3 is 5.32 Å². The largest absolute Gasteiger partial charge is 0.307 e. The summed E-state index contributed by atoms with van der Waals surface area (Å²) >= 11 is 0. The number of nitro benzene ring substituents is 1. The van der Waals surface area contributed by atoms with Gasteiger partial charge in [0.2, 0.25) is 0 Å². The minimum absolute atomic E-state index is 0.154. The fraction of sp³-hybridized carbons (Fsp3) is 0.231. The highest BCUT2D eigenvalue weighted by Crippen LogP contribution is 2.19. The molecule has 19 heavy (non-hydrogen) atoms. The van der Waals surface area contributed by atoms with Gasteiger partial charge in [-0.05, 0) is 18.6 Å². The van der Waals surface area contributed by atoms with Gasteiger partial charge in [-0.1, -0.05) is 12.1 Å². The molecule has 0 aliphatic carbocycles. The molecule has 0 saturated heterocycles. The Hall–Kier alpha value is -2.34. The molecule has 6 nitrogen and oxygen atoms in total. The molecule has 6 heteroatoms. The molecule has 0 aliphatic rings. The predicted molar refractivity (Wildman–Crippen MR) is 70.4 cm³/mol. The Morgan fingerprint density at radius 3 is 2.84 bits per heavy atom. The van der Waals surface area contributed by atoms with E-state index in [0.717, 1.165) is 11.3 Å². The van der Waals surface area contributed by atoms with E-state index in [1.807, 2.05) is 12.1 Å². The first-order valence-electron chi connectivity index (χ1n) is 5.86. The van der Waals surface area contributed by atoms with Crippen LogP contribution in [0.3, 0.4) is 0 Å². The molecule has 0 radical (unpaired) electrons. The maximum atomic E-state index is 10.8. The third kappa shape index (κ3) is 3.56. The van der Waals surface area contributed by atoms with E-state index < -0.39 is 0 Å². The van der Waals surface area contributed by atoms with E-state index in [9.17, 15) is 10.1 Å². The quantitative estimate of drug-likeness (QED) is 0.655. The Kier molecular flexibility index (Phi) is 4.15. The van der Waals surface area contributed by atoms with Crippen LogP contribution in [-0.4, -0.2) is 14.9 Å². The summed E-state index contributed by atoms with van der Waals surface area (Å²) in [7, 11) is 0. The Labute approximate surface area is 110 Å². The summed E-state index contributed by atoms with van der Waals surface area (Å²) in [4.78, 5) is 18.4. The minimum Gasteiger partial charge on any atom is -0.307 e. The van der Waals surface area contributed by atoms with Gasteiger partial charge in [0.05, 0.1) is 10.6 Å². The van der Waals surface area contributed by atoms with Crippen molar-refractivity contribution >= 4 is 5.69 Å². The van der Waals surface area contributed by atoms with Gasteiger partial charge >= 0.3 is 0 Å². The average molecular weight is 258 g/mol. The first kappa shape index (κ1) is 13.1. The summed E-state index contributed by atoms with van der Waals surface area (Å²) in [5.41, 5.74) is 2.59. The molecule has 1 N–H and O–H groups in total. The van der Waals surface area contributed by atoms with Crippen LogP contribution in [0.25, 0.3) is 0 Å². The van der Waals surface area contributed by atoms with Crippen LogP contribution in [0.2, 0.25) is 0 Å². The molecule has 0 saturated carbocycles. The number of nitrogens with zero attached hydrogens (tertiary/aromatic N) is 3. The van der Waals surface area contributed by atoms with Crippen molar-refractivity contribution in [2.75, 3.05) is 0 Å². The third-order valence-electron chi connectivity index (χ3n) is 2.75. The molecule has 1 aromatic heterocycles. The zero-order valence-corrected chi connectivity index (χ0v) is 10.5. The molecule has 0 aliphatic heterocycles. The summed E-state index contributed by atoms with van der Waals surface area (Å²) in [6.07, 6.45) is 3.18. The highest BCUT2D eigenvalue weighted by atomic mass is 16.6. The van der Waals surface area contributed by atoms with Crippen LogP contribution < -0.4 is 5.32 Å². The second kappa shape index (κ2) is 6.01. The van der Waals surface area contributed by atoms with Crippen LogP contribution in [-0.2, 0) is 13.1 Å². The monoisotopic (exact) mass is 258 g/mol. The van der Waals surface area contributed by atoms with Gasteiger partial charge in [0.25, 0.3) is 5.69 Å². The van der Waals surface area contributed by atoms with E-state index in [2.05, 4.69) is 15.3 Å². The van der Waals surface area contributed by atoms with Crippen molar-refractivity contribution in [3.8, 4) is 0 Å². The minimum atomic E-state index is -0.358. The third-order valence-corrected chi connectivity index (χ3v) is 2.75. The lowest BCUT2D eigenvalue weighted by Gasteiger charge is -2.05. The molecule has 0 spiro atoms. The van der Waals surface area contributed by atoms with Crippen molar-refractivity contribution in [3.63, 3.8) is 0 Å². The van der Waals surface area contributed by atoms with E-state index in [0.29, 0.717) is 18.7 Å². The topological polar surface area (TPSA) is 81.0 Å². The number of hydrogen-bond acceptors (Lipinski definition) is 5. The lowest BCUT2D eigenvalue weighted by Crippen LogP contribution is -2.13. The number of nitrogens with one attached hydrogen (secondary N) is 1. The van der Waals surface area contributed by atoms with Crippen molar-refractivity contribution in [1.29, 1.82) is 0 Å². The van der Waals surface area contributed by atoms with Crippen molar-refractivity contribution in [2.45, 2.75) is 20.0 Å². The first-order valence-corrected chi connectivity index (χ1v) is 5.86. The van der Waals surface area contributed by atoms with Gasteiger partial charge in [-0.25, -0.2) is 9.97 Å². The maximum absolute atomic E-state index is 10.8. The second-order valence-electron chi connectivity index (χ2n) is 4.18. The zero-order chi connectivity index (χ0) is 13.7. The van der Waals surface area contributed by atoms with E-state index in [-0.39, 0.29) is 10.6 Å². The molecule has 1 heterocycles. The van der Waals surface area contributed by atoms with Gasteiger partial charge in [-0.15, -0.1) is 0 Å². The number of benzene rings is 1. The number of rotatable bonds is 5. The zero-order valence-electron chi connectivity index (χ0n) is 10.5. The van der Waals surface area contributed by atoms with Crippen LogP contribution in [0.1, 0.15) is 16.8 Å². The van der Waals surface area contributed by atoms with Crippen molar-refractivity contribution < 1.29 is 4.92 Å². The Morgan fingerprint density at radius 1 is 1.32 bits per heavy atom. The summed E-state index contributed by atoms with van der Waals surface area (Å²) in [5, 5.41) is 14.0. The first-order chi connectivity index (χ1) is 9.16. The van der Waals surface area contributed by atoms with Crippen LogP contribution in [0.4, 0.5) is 5.69 Å². The fourth-order valence-electron chi connectivity index (χ4n) is 1.72. The lowest BCUT2D eigenvalue weighted by atomic mass is 10.1. The molecule has 0 fully saturated rings. The van der Waals surface area contributed by atoms with E-state index in [4.69, 9.17) is 0 Å². The highest BCUT2D eigenvalue weighted by Gasteiger charge is 2.10. The smallest absolute Gasteiger partial charge is 0.272 e. The molecule has 1 aromatic carbocycles. The van der Waals surface area contributed by atoms with Crippen LogP contribution >= 0.6 is 0 Å². The van der Waals surface area contributed by atoms with E-state index in [1.54, 1.807) is 25.3 Å². The summed E-state index contributed by atoms with van der Waals surface area (Å²) < 4.78 is 0. The Balaban J connectivity index is 1.97. The fourth-order valence-corrected chi connectivity index (χ4v) is 1.72. The number of hydrogen-bond donors (Lipinski definition) is 1. The van der Waals surface area contributed by atoms with Gasteiger partial charge in [0.15, 0.2) is 0 Å². The molecule has 2 aromatic rings. The SMILES string of the molecule is Cc1ccc(CNCc2ccncn2)cc1[N+](=O)[O-]. The molecule has 0 atom stereocenters. The van der Waals surface area contributed by atoms with Gasteiger partial charge in [-0.3, -0.25) is 10.1 Å². The molecule has 0 bridgehead atoms. The van der Waals surface area contributed by atoms with Crippen molar-refractivity contribution in [2.24, 2.45) is 0 Å². The van der Waals surface area contributed by atoms with Crippen molar-refractivity contribution in [1.82, 2.24) is 15.3 Å². The summed E-state index contributed by atoms with van der Waals surface area (Å²) in [5.74, 6) is 0. The maximum Gasteiger partial charge on any atom is 0.272 e. The Bertz CT molecular complexity index is 572. The number of nitro groups is 1. The highest BCUT2D eigenvalue weighted by molar-refractivity contribution is 5.42.